The van der Waals surface area contributed by atoms with Gasteiger partial charge >= 0.3 is 0 Å². The Hall–Kier alpha value is -2.27. The molecule has 2 aromatic carbocycles. The van der Waals surface area contributed by atoms with Crippen molar-refractivity contribution in [2.45, 2.75) is 0 Å². The maximum absolute atomic E-state index is 13.2. The number of carbonyl (C=O) groups is 1. The van der Waals surface area contributed by atoms with Gasteiger partial charge in [0.1, 0.15) is 10.6 Å². The molecule has 0 radical (unpaired) electrons. The van der Waals surface area contributed by atoms with Gasteiger partial charge in [-0.3, -0.25) is 4.79 Å². The summed E-state index contributed by atoms with van der Waals surface area (Å²) in [5.41, 5.74) is -0.0886. The van der Waals surface area contributed by atoms with Gasteiger partial charge in [-0.15, -0.1) is 0 Å². The first kappa shape index (κ1) is 12.7. The predicted octanol–water partition coefficient (Wildman–Crippen LogP) is 3.45. The normalized spacial score (nSPS) is 13.8. The van der Waals surface area contributed by atoms with E-state index in [-0.39, 0.29) is 27.5 Å². The topological polar surface area (TPSA) is 43.1 Å². The van der Waals surface area contributed by atoms with Crippen LogP contribution in [0.3, 0.4) is 0 Å². The molecule has 3 rings (SSSR count). The Kier molecular flexibility index (Phi) is 2.79. The number of hydrogen-bond acceptors (Lipinski definition) is 2. The molecule has 0 N–H and O–H groups in total. The summed E-state index contributed by atoms with van der Waals surface area (Å²) in [6.07, 6.45) is 0. The van der Waals surface area contributed by atoms with E-state index in [1.807, 2.05) is 0 Å². The van der Waals surface area contributed by atoms with Crippen molar-refractivity contribution in [2.24, 2.45) is 0 Å². The van der Waals surface area contributed by atoms with Crippen molar-refractivity contribution in [3.05, 3.63) is 69.4 Å². The number of benzene rings is 2. The van der Waals surface area contributed by atoms with E-state index in [1.165, 1.54) is 18.2 Å². The number of carbonyl (C=O) groups excluding carboxylic acids is 1. The van der Waals surface area contributed by atoms with Crippen LogP contribution in [0.4, 0.5) is 14.5 Å². The number of fused-ring (bicyclic) bond motifs is 1. The molecule has 0 aromatic heterocycles. The molecule has 0 atom stereocenters. The molecule has 20 heavy (non-hydrogen) atoms. The molecule has 2 aromatic rings. The van der Waals surface area contributed by atoms with Gasteiger partial charge in [0, 0.05) is 0 Å². The third-order valence-electron chi connectivity index (χ3n) is 3.05. The van der Waals surface area contributed by atoms with E-state index in [0.717, 1.165) is 12.1 Å². The summed E-state index contributed by atoms with van der Waals surface area (Å²) >= 11 is 5.90. The van der Waals surface area contributed by atoms with Gasteiger partial charge in [0.15, 0.2) is 11.6 Å². The summed E-state index contributed by atoms with van der Waals surface area (Å²) in [6.45, 7) is 0. The Balaban J connectivity index is 2.23. The quantitative estimate of drug-likeness (QED) is 0.597. The number of nitrogens with zero attached hydrogens (tertiary/aromatic N) is 1. The van der Waals surface area contributed by atoms with E-state index in [2.05, 4.69) is 0 Å². The molecule has 1 aliphatic rings. The average Bonchev–Trinajstić information content (AvgIpc) is 2.67. The monoisotopic (exact) mass is 293 g/mol. The fourth-order valence-corrected chi connectivity index (χ4v) is 2.38. The first-order valence-corrected chi connectivity index (χ1v) is 6.01. The molecule has 6 heteroatoms. The van der Waals surface area contributed by atoms with Crippen LogP contribution in [0.1, 0.15) is 15.9 Å². The van der Waals surface area contributed by atoms with E-state index in [0.29, 0.717) is 4.74 Å². The van der Waals surface area contributed by atoms with Crippen molar-refractivity contribution in [1.82, 2.24) is 0 Å². The number of rotatable bonds is 1. The minimum atomic E-state index is -1.13. The Bertz CT molecular complexity index is 787. The van der Waals surface area contributed by atoms with Crippen molar-refractivity contribution in [1.29, 1.82) is 0 Å². The molecule has 3 nitrogen and oxygen atoms in total. The SMILES string of the molecule is O=C1C(c2ccc(F)c(F)c2)=[N+]([O-])c2c(Cl)cccc21. The lowest BCUT2D eigenvalue weighted by atomic mass is 10.0. The largest absolute Gasteiger partial charge is 0.618 e. The molecule has 1 heterocycles. The summed E-state index contributed by atoms with van der Waals surface area (Å²) in [6, 6.07) is 7.34. The van der Waals surface area contributed by atoms with E-state index in [9.17, 15) is 18.8 Å². The summed E-state index contributed by atoms with van der Waals surface area (Å²) in [5.74, 6) is -2.74. The van der Waals surface area contributed by atoms with Crippen LogP contribution < -0.4 is 0 Å². The highest BCUT2D eigenvalue weighted by Crippen LogP contribution is 2.34. The van der Waals surface area contributed by atoms with Gasteiger partial charge < -0.3 is 5.21 Å². The molecule has 0 bridgehead atoms. The highest BCUT2D eigenvalue weighted by atomic mass is 35.5. The van der Waals surface area contributed by atoms with Gasteiger partial charge in [-0.2, -0.15) is 4.74 Å². The lowest BCUT2D eigenvalue weighted by Gasteiger charge is -2.03. The molecule has 0 fully saturated rings. The van der Waals surface area contributed by atoms with Crippen LogP contribution in [-0.4, -0.2) is 16.2 Å². The van der Waals surface area contributed by atoms with Crippen LogP contribution in [-0.2, 0) is 0 Å². The second-order valence-electron chi connectivity index (χ2n) is 4.24. The molecule has 0 unspecified atom stereocenters. The van der Waals surface area contributed by atoms with Gasteiger partial charge in [-0.1, -0.05) is 17.7 Å². The van der Waals surface area contributed by atoms with E-state index in [4.69, 9.17) is 11.6 Å². The molecule has 0 saturated carbocycles. The van der Waals surface area contributed by atoms with E-state index >= 15 is 0 Å². The lowest BCUT2D eigenvalue weighted by molar-refractivity contribution is -0.355. The first-order chi connectivity index (χ1) is 9.50. The van der Waals surface area contributed by atoms with Crippen LogP contribution in [0, 0.1) is 16.8 Å². The zero-order chi connectivity index (χ0) is 14.4. The third-order valence-corrected chi connectivity index (χ3v) is 3.35. The number of ketones is 1. The average molecular weight is 294 g/mol. The lowest BCUT2D eigenvalue weighted by Crippen LogP contribution is -2.17. The smallest absolute Gasteiger partial charge is 0.273 e. The molecular formula is C14H6ClF2NO2. The molecule has 0 spiro atoms. The van der Waals surface area contributed by atoms with Crippen molar-refractivity contribution in [3.63, 3.8) is 0 Å². The predicted molar refractivity (Wildman–Crippen MR) is 69.5 cm³/mol. The van der Waals surface area contributed by atoms with Crippen LogP contribution in [0.2, 0.25) is 5.02 Å². The highest BCUT2D eigenvalue weighted by Gasteiger charge is 2.38. The molecule has 0 amide bonds. The number of hydrogen-bond donors (Lipinski definition) is 0. The minimum absolute atomic E-state index is 0.0103. The van der Waals surface area contributed by atoms with Crippen molar-refractivity contribution in [2.75, 3.05) is 0 Å². The maximum Gasteiger partial charge on any atom is 0.273 e. The van der Waals surface area contributed by atoms with E-state index < -0.39 is 17.4 Å². The highest BCUT2D eigenvalue weighted by molar-refractivity contribution is 6.53. The third kappa shape index (κ3) is 1.71. The Morgan fingerprint density at radius 2 is 1.85 bits per heavy atom. The van der Waals surface area contributed by atoms with Gasteiger partial charge in [-0.25, -0.2) is 8.78 Å². The molecule has 0 aliphatic carbocycles. The Labute approximate surface area is 117 Å². The number of para-hydroxylation sites is 1. The fraction of sp³-hybridized carbons (Fsp3) is 0. The maximum atomic E-state index is 13.2. The minimum Gasteiger partial charge on any atom is -0.618 e. The summed E-state index contributed by atoms with van der Waals surface area (Å²) < 4.78 is 26.5. The molecule has 100 valence electrons. The van der Waals surface area contributed by atoms with Gasteiger partial charge in [0.05, 0.1) is 5.56 Å². The van der Waals surface area contributed by atoms with Gasteiger partial charge in [0.2, 0.25) is 5.69 Å². The van der Waals surface area contributed by atoms with Crippen LogP contribution in [0.15, 0.2) is 36.4 Å². The van der Waals surface area contributed by atoms with Crippen molar-refractivity contribution >= 4 is 28.8 Å². The van der Waals surface area contributed by atoms with Gasteiger partial charge in [0.25, 0.3) is 11.5 Å². The Morgan fingerprint density at radius 3 is 2.50 bits per heavy atom. The second-order valence-corrected chi connectivity index (χ2v) is 4.64. The van der Waals surface area contributed by atoms with Crippen LogP contribution >= 0.6 is 11.6 Å². The summed E-state index contributed by atoms with van der Waals surface area (Å²) in [4.78, 5) is 12.2. The number of halogens is 3. The van der Waals surface area contributed by atoms with Crippen molar-refractivity contribution in [3.8, 4) is 0 Å². The second kappa shape index (κ2) is 4.38. The zero-order valence-corrected chi connectivity index (χ0v) is 10.6. The number of Topliss-reactive ketones (excluding diaryl/α,β-unsaturated/α-hetero) is 1. The molecule has 1 aliphatic heterocycles. The zero-order valence-electron chi connectivity index (χ0n) is 9.86. The van der Waals surface area contributed by atoms with Crippen LogP contribution in [0.25, 0.3) is 0 Å². The fourth-order valence-electron chi connectivity index (χ4n) is 2.13. The standard InChI is InChI=1S/C14H6ClF2NO2/c15-9-3-1-2-8-13(9)18(20)12(14(8)19)7-4-5-10(16)11(17)6-7/h1-6H. The van der Waals surface area contributed by atoms with E-state index in [1.54, 1.807) is 6.07 Å². The summed E-state index contributed by atoms with van der Waals surface area (Å²) in [5, 5.41) is 12.3. The molecular weight excluding hydrogens is 288 g/mol. The van der Waals surface area contributed by atoms with Gasteiger partial charge in [-0.05, 0) is 30.3 Å². The first-order valence-electron chi connectivity index (χ1n) is 5.63. The Morgan fingerprint density at radius 1 is 1.10 bits per heavy atom. The summed E-state index contributed by atoms with van der Waals surface area (Å²) in [7, 11) is 0. The van der Waals surface area contributed by atoms with Crippen molar-refractivity contribution < 1.29 is 18.3 Å². The van der Waals surface area contributed by atoms with Crippen LogP contribution in [0.5, 0.6) is 0 Å². The molecule has 0 saturated heterocycles.